The molecule has 0 radical (unpaired) electrons. The minimum Gasteiger partial charge on any atom is -0.489 e. The van der Waals surface area contributed by atoms with Gasteiger partial charge in [-0.3, -0.25) is 0 Å². The van der Waals surface area contributed by atoms with Crippen LogP contribution in [0.15, 0.2) is 48.5 Å². The summed E-state index contributed by atoms with van der Waals surface area (Å²) in [6, 6.07) is 12.8. The maximum absolute atomic E-state index is 12.8. The first-order valence-electron chi connectivity index (χ1n) is 6.37. The predicted molar refractivity (Wildman–Crippen MR) is 71.6 cm³/mol. The number of hydrogen-bond donors (Lipinski definition) is 0. The minimum absolute atomic E-state index is 0.0944. The van der Waals surface area contributed by atoms with E-state index in [1.54, 1.807) is 12.1 Å². The summed E-state index contributed by atoms with van der Waals surface area (Å²) in [5.41, 5.74) is 0.583. The van der Waals surface area contributed by atoms with Crippen LogP contribution in [0, 0.1) is 0 Å². The van der Waals surface area contributed by atoms with Crippen molar-refractivity contribution in [2.45, 2.75) is 26.1 Å². The average Bonchev–Trinajstić information content (AvgIpc) is 2.44. The van der Waals surface area contributed by atoms with E-state index in [0.29, 0.717) is 5.75 Å². The van der Waals surface area contributed by atoms with Crippen LogP contribution >= 0.6 is 0 Å². The van der Waals surface area contributed by atoms with Crippen LogP contribution in [0.3, 0.4) is 0 Å². The Morgan fingerprint density at radius 1 is 1.00 bits per heavy atom. The zero-order valence-corrected chi connectivity index (χ0v) is 11.1. The molecule has 0 aliphatic rings. The lowest BCUT2D eigenvalue weighted by molar-refractivity contribution is -0.138. The molecule has 1 nitrogen and oxygen atoms in total. The number of hydrogen-bond acceptors (Lipinski definition) is 1. The van der Waals surface area contributed by atoms with Gasteiger partial charge in [-0.25, -0.2) is 0 Å². The Balaban J connectivity index is 2.15. The van der Waals surface area contributed by atoms with Gasteiger partial charge in [0.25, 0.3) is 0 Å². The van der Waals surface area contributed by atoms with Crippen LogP contribution in [0.5, 0.6) is 5.75 Å². The van der Waals surface area contributed by atoms with Gasteiger partial charge in [-0.15, -0.1) is 0 Å². The molecule has 0 heterocycles. The molecule has 0 amide bonds. The molecular formula is C16H15F3O. The van der Waals surface area contributed by atoms with Gasteiger partial charge in [0.1, 0.15) is 12.4 Å². The molecule has 2 aromatic carbocycles. The normalized spacial score (nSPS) is 11.4. The van der Waals surface area contributed by atoms with Crippen molar-refractivity contribution < 1.29 is 17.9 Å². The van der Waals surface area contributed by atoms with E-state index < -0.39 is 11.7 Å². The first-order chi connectivity index (χ1) is 9.50. The van der Waals surface area contributed by atoms with Gasteiger partial charge in [-0.05, 0) is 30.2 Å². The van der Waals surface area contributed by atoms with E-state index in [1.807, 2.05) is 25.1 Å². The molecule has 0 spiro atoms. The third kappa shape index (κ3) is 3.53. The smallest absolute Gasteiger partial charge is 0.416 e. The fourth-order valence-corrected chi connectivity index (χ4v) is 1.94. The molecule has 20 heavy (non-hydrogen) atoms. The highest BCUT2D eigenvalue weighted by Crippen LogP contribution is 2.32. The number of halogens is 3. The molecule has 2 aromatic rings. The van der Waals surface area contributed by atoms with Crippen molar-refractivity contribution in [3.8, 4) is 5.75 Å². The van der Waals surface area contributed by atoms with Crippen molar-refractivity contribution in [2.75, 3.05) is 0 Å². The number of rotatable bonds is 4. The molecule has 2 rings (SSSR count). The minimum atomic E-state index is -4.36. The number of alkyl halides is 3. The van der Waals surface area contributed by atoms with E-state index >= 15 is 0 Å². The Hall–Kier alpha value is -1.97. The maximum atomic E-state index is 12.8. The van der Waals surface area contributed by atoms with Gasteiger partial charge in [0, 0.05) is 5.56 Å². The van der Waals surface area contributed by atoms with E-state index in [4.69, 9.17) is 4.74 Å². The summed E-state index contributed by atoms with van der Waals surface area (Å²) < 4.78 is 44.0. The quantitative estimate of drug-likeness (QED) is 0.778. The fourth-order valence-electron chi connectivity index (χ4n) is 1.94. The van der Waals surface area contributed by atoms with Crippen molar-refractivity contribution >= 4 is 0 Å². The molecule has 0 aromatic heterocycles. The standard InChI is InChI=1S/C16H15F3O/c1-2-12-6-5-8-14(10-12)20-11-13-7-3-4-9-15(13)16(17,18)19/h3-10H,2,11H2,1H3. The Labute approximate surface area is 116 Å². The summed E-state index contributed by atoms with van der Waals surface area (Å²) in [5, 5.41) is 0. The molecule has 0 bridgehead atoms. The highest BCUT2D eigenvalue weighted by Gasteiger charge is 2.32. The van der Waals surface area contributed by atoms with Crippen LogP contribution in [0.4, 0.5) is 13.2 Å². The zero-order valence-electron chi connectivity index (χ0n) is 11.1. The number of ether oxygens (including phenoxy) is 1. The maximum Gasteiger partial charge on any atom is 0.416 e. The summed E-state index contributed by atoms with van der Waals surface area (Å²) >= 11 is 0. The van der Waals surface area contributed by atoms with Crippen LogP contribution in [0.25, 0.3) is 0 Å². The van der Waals surface area contributed by atoms with E-state index in [0.717, 1.165) is 18.1 Å². The molecule has 0 aliphatic carbocycles. The molecule has 106 valence electrons. The van der Waals surface area contributed by atoms with E-state index in [-0.39, 0.29) is 12.2 Å². The Morgan fingerprint density at radius 3 is 2.45 bits per heavy atom. The first kappa shape index (κ1) is 14.4. The topological polar surface area (TPSA) is 9.23 Å². The van der Waals surface area contributed by atoms with Gasteiger partial charge in [-0.1, -0.05) is 37.3 Å². The van der Waals surface area contributed by atoms with Crippen molar-refractivity contribution in [1.29, 1.82) is 0 Å². The first-order valence-corrected chi connectivity index (χ1v) is 6.37. The van der Waals surface area contributed by atoms with Crippen molar-refractivity contribution in [3.63, 3.8) is 0 Å². The van der Waals surface area contributed by atoms with Crippen LogP contribution in [0.2, 0.25) is 0 Å². The van der Waals surface area contributed by atoms with Gasteiger partial charge in [0.15, 0.2) is 0 Å². The van der Waals surface area contributed by atoms with Crippen LogP contribution in [-0.4, -0.2) is 0 Å². The van der Waals surface area contributed by atoms with E-state index in [2.05, 4.69) is 0 Å². The molecule has 4 heteroatoms. The predicted octanol–water partition coefficient (Wildman–Crippen LogP) is 4.85. The third-order valence-corrected chi connectivity index (χ3v) is 3.02. The molecule has 0 N–H and O–H groups in total. The molecule has 0 fully saturated rings. The van der Waals surface area contributed by atoms with Crippen molar-refractivity contribution in [3.05, 3.63) is 65.2 Å². The summed E-state index contributed by atoms with van der Waals surface area (Å²) in [6.07, 6.45) is -3.50. The second kappa shape index (κ2) is 5.99. The molecular weight excluding hydrogens is 265 g/mol. The molecule has 0 unspecified atom stereocenters. The van der Waals surface area contributed by atoms with Crippen molar-refractivity contribution in [2.24, 2.45) is 0 Å². The molecule has 0 aliphatic heterocycles. The summed E-state index contributed by atoms with van der Waals surface area (Å²) in [6.45, 7) is 1.92. The van der Waals surface area contributed by atoms with Gasteiger partial charge in [-0.2, -0.15) is 13.2 Å². The van der Waals surface area contributed by atoms with Crippen LogP contribution in [0.1, 0.15) is 23.6 Å². The van der Waals surface area contributed by atoms with Gasteiger partial charge >= 0.3 is 6.18 Å². The lowest BCUT2D eigenvalue weighted by atomic mass is 10.1. The Morgan fingerprint density at radius 2 is 1.75 bits per heavy atom. The largest absolute Gasteiger partial charge is 0.489 e. The second-order valence-electron chi connectivity index (χ2n) is 4.44. The van der Waals surface area contributed by atoms with E-state index in [1.165, 1.54) is 12.1 Å². The number of benzene rings is 2. The number of aryl methyl sites for hydroxylation is 1. The van der Waals surface area contributed by atoms with Gasteiger partial charge in [0.05, 0.1) is 5.56 Å². The highest BCUT2D eigenvalue weighted by molar-refractivity contribution is 5.31. The lowest BCUT2D eigenvalue weighted by Gasteiger charge is -2.13. The Kier molecular flexibility index (Phi) is 4.32. The SMILES string of the molecule is CCc1cccc(OCc2ccccc2C(F)(F)F)c1. The lowest BCUT2D eigenvalue weighted by Crippen LogP contribution is -2.10. The van der Waals surface area contributed by atoms with Crippen LogP contribution < -0.4 is 4.74 Å². The molecule has 0 atom stereocenters. The molecule has 0 saturated carbocycles. The average molecular weight is 280 g/mol. The fraction of sp³-hybridized carbons (Fsp3) is 0.250. The highest BCUT2D eigenvalue weighted by atomic mass is 19.4. The van der Waals surface area contributed by atoms with E-state index in [9.17, 15) is 13.2 Å². The molecule has 0 saturated heterocycles. The van der Waals surface area contributed by atoms with Crippen LogP contribution in [-0.2, 0) is 19.2 Å². The summed E-state index contributed by atoms with van der Waals surface area (Å²) in [4.78, 5) is 0. The Bertz CT molecular complexity index is 576. The summed E-state index contributed by atoms with van der Waals surface area (Å²) in [5.74, 6) is 0.585. The zero-order chi connectivity index (χ0) is 14.6. The summed E-state index contributed by atoms with van der Waals surface area (Å²) in [7, 11) is 0. The van der Waals surface area contributed by atoms with Crippen molar-refractivity contribution in [1.82, 2.24) is 0 Å². The monoisotopic (exact) mass is 280 g/mol. The third-order valence-electron chi connectivity index (χ3n) is 3.02. The van der Waals surface area contributed by atoms with Gasteiger partial charge < -0.3 is 4.74 Å². The second-order valence-corrected chi connectivity index (χ2v) is 4.44. The van der Waals surface area contributed by atoms with Gasteiger partial charge in [0.2, 0.25) is 0 Å².